The van der Waals surface area contributed by atoms with Gasteiger partial charge >= 0.3 is 0 Å². The van der Waals surface area contributed by atoms with Gasteiger partial charge in [-0.2, -0.15) is 5.10 Å². The number of hydrogen-bond donors (Lipinski definition) is 1. The average molecular weight is 352 g/mol. The van der Waals surface area contributed by atoms with Gasteiger partial charge in [-0.25, -0.2) is 4.98 Å². The largest absolute Gasteiger partial charge is 0.546 e. The molecule has 0 atom stereocenters. The number of thiazole rings is 1. The van der Waals surface area contributed by atoms with Crippen LogP contribution in [0.15, 0.2) is 65.1 Å². The number of ether oxygens (including phenoxy) is 1. The predicted molar refractivity (Wildman–Crippen MR) is 95.7 cm³/mol. The molecule has 0 aliphatic rings. The van der Waals surface area contributed by atoms with Crippen molar-refractivity contribution in [3.05, 3.63) is 65.5 Å². The summed E-state index contributed by atoms with van der Waals surface area (Å²) in [6.45, 7) is -0.509. The lowest BCUT2D eigenvalue weighted by atomic mass is 10.2. The first kappa shape index (κ1) is 16.7. The molecule has 0 aliphatic carbocycles. The number of carbonyl (C=O) groups excluding carboxylic acids is 1. The molecule has 0 saturated heterocycles. The zero-order chi connectivity index (χ0) is 17.5. The van der Waals surface area contributed by atoms with Gasteiger partial charge in [0, 0.05) is 16.5 Å². The van der Waals surface area contributed by atoms with Crippen LogP contribution in [0.25, 0.3) is 11.3 Å². The molecule has 0 radical (unpaired) electrons. The van der Waals surface area contributed by atoms with Gasteiger partial charge in [-0.1, -0.05) is 42.5 Å². The first-order valence-corrected chi connectivity index (χ1v) is 8.32. The lowest BCUT2D eigenvalue weighted by Crippen LogP contribution is -2.29. The number of aromatic nitrogens is 1. The number of anilines is 1. The zero-order valence-corrected chi connectivity index (χ0v) is 13.9. The van der Waals surface area contributed by atoms with E-state index in [4.69, 9.17) is 4.74 Å². The molecule has 3 rings (SSSR count). The zero-order valence-electron chi connectivity index (χ0n) is 13.1. The van der Waals surface area contributed by atoms with Crippen molar-refractivity contribution >= 4 is 28.7 Å². The molecule has 1 aromatic heterocycles. The third-order valence-corrected chi connectivity index (χ3v) is 3.95. The number of hydrogen-bond acceptors (Lipinski definition) is 7. The van der Waals surface area contributed by atoms with E-state index < -0.39 is 12.6 Å². The number of carboxylic acid groups (broad SMARTS) is 1. The van der Waals surface area contributed by atoms with Gasteiger partial charge in [-0.15, -0.1) is 11.3 Å². The number of para-hydroxylation sites is 1. The van der Waals surface area contributed by atoms with Crippen LogP contribution in [0.4, 0.5) is 5.13 Å². The molecule has 126 valence electrons. The van der Waals surface area contributed by atoms with Gasteiger partial charge in [-0.3, -0.25) is 5.43 Å². The summed E-state index contributed by atoms with van der Waals surface area (Å²) in [6.07, 6.45) is 1.55. The SMILES string of the molecule is O=C([O-])COc1ccccc1/C=N\Nc1nc(-c2ccccc2)cs1. The van der Waals surface area contributed by atoms with Crippen molar-refractivity contribution in [2.24, 2.45) is 5.10 Å². The molecule has 0 amide bonds. The van der Waals surface area contributed by atoms with Crippen LogP contribution in [-0.4, -0.2) is 23.8 Å². The lowest BCUT2D eigenvalue weighted by Gasteiger charge is -2.08. The van der Waals surface area contributed by atoms with E-state index in [0.29, 0.717) is 16.4 Å². The second kappa shape index (κ2) is 8.07. The van der Waals surface area contributed by atoms with E-state index in [9.17, 15) is 9.90 Å². The third-order valence-electron chi connectivity index (χ3n) is 3.20. The minimum absolute atomic E-state index is 0.418. The molecule has 0 fully saturated rings. The molecule has 0 spiro atoms. The molecular formula is C18H14N3O3S-. The van der Waals surface area contributed by atoms with Gasteiger partial charge in [-0.05, 0) is 12.1 Å². The minimum Gasteiger partial charge on any atom is -0.546 e. The van der Waals surface area contributed by atoms with E-state index in [1.807, 2.05) is 41.8 Å². The van der Waals surface area contributed by atoms with Crippen LogP contribution in [0.3, 0.4) is 0 Å². The number of benzene rings is 2. The Balaban J connectivity index is 1.66. The summed E-state index contributed by atoms with van der Waals surface area (Å²) in [5, 5.41) is 17.3. The van der Waals surface area contributed by atoms with Crippen LogP contribution in [0, 0.1) is 0 Å². The Bertz CT molecular complexity index is 878. The van der Waals surface area contributed by atoms with Crippen LogP contribution in [0.2, 0.25) is 0 Å². The summed E-state index contributed by atoms with van der Waals surface area (Å²) in [5.74, 6) is -0.859. The van der Waals surface area contributed by atoms with E-state index in [2.05, 4.69) is 15.5 Å². The Morgan fingerprint density at radius 3 is 2.76 bits per heavy atom. The Morgan fingerprint density at radius 1 is 1.20 bits per heavy atom. The van der Waals surface area contributed by atoms with Gasteiger partial charge < -0.3 is 14.6 Å². The quantitative estimate of drug-likeness (QED) is 0.521. The van der Waals surface area contributed by atoms with Crippen molar-refractivity contribution in [3.63, 3.8) is 0 Å². The summed E-state index contributed by atoms with van der Waals surface area (Å²) < 4.78 is 5.17. The predicted octanol–water partition coefficient (Wildman–Crippen LogP) is 2.38. The summed E-state index contributed by atoms with van der Waals surface area (Å²) in [4.78, 5) is 15.0. The first-order valence-electron chi connectivity index (χ1n) is 7.44. The van der Waals surface area contributed by atoms with Gasteiger partial charge in [0.15, 0.2) is 0 Å². The fourth-order valence-corrected chi connectivity index (χ4v) is 2.75. The maximum Gasteiger partial charge on any atom is 0.203 e. The van der Waals surface area contributed by atoms with Crippen molar-refractivity contribution in [2.45, 2.75) is 0 Å². The Hall–Kier alpha value is -3.19. The van der Waals surface area contributed by atoms with Gasteiger partial charge in [0.2, 0.25) is 5.13 Å². The molecule has 0 unspecified atom stereocenters. The van der Waals surface area contributed by atoms with Crippen molar-refractivity contribution in [3.8, 4) is 17.0 Å². The molecular weight excluding hydrogens is 338 g/mol. The molecule has 0 saturated carbocycles. The van der Waals surface area contributed by atoms with E-state index >= 15 is 0 Å². The van der Waals surface area contributed by atoms with Crippen LogP contribution < -0.4 is 15.3 Å². The summed E-state index contributed by atoms with van der Waals surface area (Å²) in [6, 6.07) is 16.9. The highest BCUT2D eigenvalue weighted by molar-refractivity contribution is 7.14. The molecule has 6 nitrogen and oxygen atoms in total. The molecule has 0 aliphatic heterocycles. The van der Waals surface area contributed by atoms with Crippen LogP contribution in [0.1, 0.15) is 5.56 Å². The number of rotatable bonds is 7. The summed E-state index contributed by atoms with van der Waals surface area (Å²) in [7, 11) is 0. The van der Waals surface area contributed by atoms with Crippen molar-refractivity contribution in [2.75, 3.05) is 12.0 Å². The summed E-state index contributed by atoms with van der Waals surface area (Å²) >= 11 is 1.44. The Morgan fingerprint density at radius 2 is 1.96 bits per heavy atom. The molecule has 7 heteroatoms. The molecule has 25 heavy (non-hydrogen) atoms. The van der Waals surface area contributed by atoms with E-state index in [-0.39, 0.29) is 0 Å². The van der Waals surface area contributed by atoms with Crippen LogP contribution >= 0.6 is 11.3 Å². The standard InChI is InChI=1S/C18H15N3O3S/c22-17(23)11-24-16-9-5-4-8-14(16)10-19-21-18-20-15(12-25-18)13-6-2-1-3-7-13/h1-10,12H,11H2,(H,20,21)(H,22,23)/p-1/b19-10-. The average Bonchev–Trinajstić information content (AvgIpc) is 3.10. The second-order valence-electron chi connectivity index (χ2n) is 4.97. The van der Waals surface area contributed by atoms with Crippen LogP contribution in [-0.2, 0) is 4.79 Å². The maximum absolute atomic E-state index is 10.5. The van der Waals surface area contributed by atoms with Crippen molar-refractivity contribution in [1.29, 1.82) is 0 Å². The molecule has 3 aromatic rings. The first-order chi connectivity index (χ1) is 12.2. The summed E-state index contributed by atoms with van der Waals surface area (Å²) in [5.41, 5.74) is 5.43. The number of nitrogens with zero attached hydrogens (tertiary/aromatic N) is 2. The maximum atomic E-state index is 10.5. The second-order valence-corrected chi connectivity index (χ2v) is 5.83. The number of carboxylic acids is 1. The third kappa shape index (κ3) is 4.65. The number of aliphatic carboxylic acids is 1. The van der Waals surface area contributed by atoms with E-state index in [1.165, 1.54) is 11.3 Å². The highest BCUT2D eigenvalue weighted by atomic mass is 32.1. The fraction of sp³-hybridized carbons (Fsp3) is 0.0556. The van der Waals surface area contributed by atoms with Crippen molar-refractivity contribution < 1.29 is 14.6 Å². The van der Waals surface area contributed by atoms with Crippen LogP contribution in [0.5, 0.6) is 5.75 Å². The fourth-order valence-electron chi connectivity index (χ4n) is 2.08. The van der Waals surface area contributed by atoms with Crippen molar-refractivity contribution in [1.82, 2.24) is 4.98 Å². The number of carbonyl (C=O) groups is 1. The molecule has 0 bridgehead atoms. The van der Waals surface area contributed by atoms with Gasteiger partial charge in [0.25, 0.3) is 0 Å². The molecule has 1 N–H and O–H groups in total. The number of hydrazone groups is 1. The smallest absolute Gasteiger partial charge is 0.203 e. The van der Waals surface area contributed by atoms with E-state index in [0.717, 1.165) is 11.3 Å². The normalized spacial score (nSPS) is 10.7. The Kier molecular flexibility index (Phi) is 5.38. The highest BCUT2D eigenvalue weighted by Crippen LogP contribution is 2.24. The van der Waals surface area contributed by atoms with E-state index in [1.54, 1.807) is 24.4 Å². The van der Waals surface area contributed by atoms with Gasteiger partial charge in [0.05, 0.1) is 17.9 Å². The monoisotopic (exact) mass is 352 g/mol. The topological polar surface area (TPSA) is 86.6 Å². The number of nitrogens with one attached hydrogen (secondary N) is 1. The Labute approximate surface area is 148 Å². The highest BCUT2D eigenvalue weighted by Gasteiger charge is 2.04. The van der Waals surface area contributed by atoms with Gasteiger partial charge in [0.1, 0.15) is 12.4 Å². The molecule has 2 aromatic carbocycles. The lowest BCUT2D eigenvalue weighted by molar-refractivity contribution is -0.307. The minimum atomic E-state index is -1.28. The molecule has 1 heterocycles.